The van der Waals surface area contributed by atoms with Crippen LogP contribution in [0.2, 0.25) is 0 Å². The molecule has 1 aliphatic rings. The first-order chi connectivity index (χ1) is 14.3. The van der Waals surface area contributed by atoms with Gasteiger partial charge in [-0.25, -0.2) is 0 Å². The third-order valence-electron chi connectivity index (χ3n) is 3.16. The van der Waals surface area contributed by atoms with E-state index in [1.54, 1.807) is 0 Å². The van der Waals surface area contributed by atoms with E-state index in [9.17, 15) is 4.79 Å². The van der Waals surface area contributed by atoms with Crippen molar-refractivity contribution in [1.82, 2.24) is 0 Å². The fraction of sp³-hybridized carbons (Fsp3) is 0.650. The van der Waals surface area contributed by atoms with Crippen LogP contribution in [0, 0.1) is 0 Å². The van der Waals surface area contributed by atoms with Gasteiger partial charge in [-0.1, -0.05) is 56.1 Å². The molecular formula is C20H32O3. The van der Waals surface area contributed by atoms with Gasteiger partial charge in [0.1, 0.15) is 0 Å². The lowest BCUT2D eigenvalue weighted by Crippen LogP contribution is -1.92. The second kappa shape index (κ2) is 13.1. The van der Waals surface area contributed by atoms with E-state index in [1.807, 2.05) is 6.92 Å². The van der Waals surface area contributed by atoms with Crippen molar-refractivity contribution >= 4 is 5.97 Å². The predicted molar refractivity (Wildman–Crippen MR) is 95.6 cm³/mol. The fourth-order valence-corrected chi connectivity index (χ4v) is 1.82. The molecule has 0 saturated carbocycles. The SMILES string of the molecule is [2H]/C(CCCC(=O)O)=C(\[2H])C/C([2H])=C(/[2H])CC1([2H])OC1([2H])C/C([2H])=C(/[2H])CCCCC. The molecule has 3 nitrogen and oxygen atoms in total. The molecule has 130 valence electrons. The Morgan fingerprint density at radius 3 is 2.35 bits per heavy atom. The third kappa shape index (κ3) is 11.8. The Balaban J connectivity index is 2.71. The van der Waals surface area contributed by atoms with Gasteiger partial charge in [-0.2, -0.15) is 0 Å². The second-order valence-corrected chi connectivity index (χ2v) is 5.24. The van der Waals surface area contributed by atoms with Crippen LogP contribution in [0.25, 0.3) is 0 Å². The van der Waals surface area contributed by atoms with Crippen LogP contribution < -0.4 is 0 Å². The van der Waals surface area contributed by atoms with Crippen molar-refractivity contribution in [1.29, 1.82) is 0 Å². The van der Waals surface area contributed by atoms with Gasteiger partial charge in [-0.05, 0) is 44.9 Å². The molecule has 1 heterocycles. The molecule has 0 aromatic rings. The molecule has 1 N–H and O–H groups in total. The second-order valence-electron chi connectivity index (χ2n) is 5.24. The zero-order chi connectivity index (χ0) is 23.8. The molecule has 0 amide bonds. The summed E-state index contributed by atoms with van der Waals surface area (Å²) in [7, 11) is 0. The zero-order valence-corrected chi connectivity index (χ0v) is 13.8. The maximum Gasteiger partial charge on any atom is 0.303 e. The minimum Gasteiger partial charge on any atom is -0.481 e. The number of hydrogen-bond donors (Lipinski definition) is 1. The smallest absolute Gasteiger partial charge is 0.303 e. The van der Waals surface area contributed by atoms with Crippen LogP contribution in [0.3, 0.4) is 0 Å². The molecule has 0 spiro atoms. The molecule has 0 aliphatic carbocycles. The molecule has 0 aromatic heterocycles. The molecule has 2 unspecified atom stereocenters. The topological polar surface area (TPSA) is 49.8 Å². The summed E-state index contributed by atoms with van der Waals surface area (Å²) in [6.07, 6.45) is -1.04. The summed E-state index contributed by atoms with van der Waals surface area (Å²) in [4.78, 5) is 10.5. The average Bonchev–Trinajstić information content (AvgIpc) is 3.19. The highest BCUT2D eigenvalue weighted by Crippen LogP contribution is 2.29. The first-order valence-electron chi connectivity index (χ1n) is 12.2. The number of rotatable bonds is 14. The van der Waals surface area contributed by atoms with Gasteiger partial charge in [-0.3, -0.25) is 4.79 Å². The van der Waals surface area contributed by atoms with Gasteiger partial charge in [-0.15, -0.1) is 0 Å². The maximum absolute atomic E-state index is 10.5. The summed E-state index contributed by atoms with van der Waals surface area (Å²) in [5, 5.41) is 8.62. The van der Waals surface area contributed by atoms with Crippen molar-refractivity contribution in [2.45, 2.75) is 83.3 Å². The summed E-state index contributed by atoms with van der Waals surface area (Å²) < 4.78 is 69.3. The molecule has 1 aliphatic heterocycles. The maximum atomic E-state index is 10.5. The number of allylic oxidation sites excluding steroid dienone is 4. The van der Waals surface area contributed by atoms with Crippen molar-refractivity contribution in [3.63, 3.8) is 0 Å². The van der Waals surface area contributed by atoms with Gasteiger partial charge in [0.25, 0.3) is 0 Å². The molecule has 2 atom stereocenters. The van der Waals surface area contributed by atoms with Gasteiger partial charge in [0, 0.05) is 6.42 Å². The van der Waals surface area contributed by atoms with Crippen LogP contribution in [0.4, 0.5) is 0 Å². The lowest BCUT2D eigenvalue weighted by molar-refractivity contribution is -0.137. The molecule has 23 heavy (non-hydrogen) atoms. The normalized spacial score (nSPS) is 34.8. The van der Waals surface area contributed by atoms with E-state index >= 15 is 0 Å². The van der Waals surface area contributed by atoms with E-state index in [-0.39, 0.29) is 74.8 Å². The third-order valence-corrected chi connectivity index (χ3v) is 3.16. The van der Waals surface area contributed by atoms with Gasteiger partial charge >= 0.3 is 5.97 Å². The average molecular weight is 329 g/mol. The van der Waals surface area contributed by atoms with Crippen molar-refractivity contribution in [2.24, 2.45) is 0 Å². The van der Waals surface area contributed by atoms with Crippen LogP contribution in [-0.4, -0.2) is 23.2 Å². The van der Waals surface area contributed by atoms with Crippen molar-refractivity contribution in [3.05, 3.63) is 36.3 Å². The highest BCUT2D eigenvalue weighted by Gasteiger charge is 2.35. The van der Waals surface area contributed by atoms with Crippen LogP contribution in [0.15, 0.2) is 36.3 Å². The van der Waals surface area contributed by atoms with E-state index in [4.69, 9.17) is 20.8 Å². The van der Waals surface area contributed by atoms with Crippen LogP contribution in [0.1, 0.15) is 82.1 Å². The summed E-state index contributed by atoms with van der Waals surface area (Å²) in [5.74, 6) is -0.984. The number of unbranched alkanes of at least 4 members (excludes halogenated alkanes) is 2. The monoisotopic (exact) mass is 328 g/mol. The van der Waals surface area contributed by atoms with Crippen LogP contribution >= 0.6 is 0 Å². The summed E-state index contributed by atoms with van der Waals surface area (Å²) >= 11 is 0. The predicted octanol–water partition coefficient (Wildman–Crippen LogP) is 5.43. The largest absolute Gasteiger partial charge is 0.481 e. The minimum atomic E-state index is -1.79. The number of carbonyl (C=O) groups is 1. The number of carboxylic acids is 1. The number of epoxide rings is 1. The van der Waals surface area contributed by atoms with E-state index in [0.717, 1.165) is 19.3 Å². The molecule has 1 saturated heterocycles. The Bertz CT molecular complexity index is 749. The summed E-state index contributed by atoms with van der Waals surface area (Å²) in [6.45, 7) is 2.04. The highest BCUT2D eigenvalue weighted by molar-refractivity contribution is 5.66. The standard InChI is InChI=1S/C20H32O3/c1-2-3-4-5-9-12-15-18-19(23-18)16-13-10-7-6-8-11-14-17-20(21)22/h6,8-10,12-13,18-19H,2-5,7,11,14-17H2,1H3,(H,21,22)/b8-6-,12-9-,13-10-/i6D,8D,9D,10D,12D,13D,18D,19D. The van der Waals surface area contributed by atoms with Crippen molar-refractivity contribution < 1.29 is 25.6 Å². The zero-order valence-electron chi connectivity index (χ0n) is 21.8. The molecule has 3 heteroatoms. The number of hydrogen-bond acceptors (Lipinski definition) is 2. The Hall–Kier alpha value is -1.35. The van der Waals surface area contributed by atoms with Gasteiger partial charge in [0.2, 0.25) is 0 Å². The molecule has 1 fully saturated rings. The lowest BCUT2D eigenvalue weighted by Gasteiger charge is -1.91. The Morgan fingerprint density at radius 2 is 1.65 bits per heavy atom. The van der Waals surface area contributed by atoms with Crippen molar-refractivity contribution in [3.8, 4) is 0 Å². The van der Waals surface area contributed by atoms with Gasteiger partial charge < -0.3 is 9.84 Å². The van der Waals surface area contributed by atoms with Crippen LogP contribution in [0.5, 0.6) is 0 Å². The molecule has 1 rings (SSSR count). The molecular weight excluding hydrogens is 288 g/mol. The quantitative estimate of drug-likeness (QED) is 0.263. The highest BCUT2D eigenvalue weighted by atomic mass is 16.6. The number of ether oxygens (including phenoxy) is 1. The molecule has 0 aromatic carbocycles. The van der Waals surface area contributed by atoms with Gasteiger partial charge in [0.05, 0.1) is 23.1 Å². The number of aliphatic carboxylic acids is 1. The first-order valence-corrected chi connectivity index (χ1v) is 8.23. The Morgan fingerprint density at radius 1 is 1.04 bits per heavy atom. The molecule has 0 bridgehead atoms. The lowest BCUT2D eigenvalue weighted by atomic mass is 10.1. The van der Waals surface area contributed by atoms with E-state index in [2.05, 4.69) is 0 Å². The van der Waals surface area contributed by atoms with E-state index in [0.29, 0.717) is 6.42 Å². The Kier molecular flexibility index (Phi) is 5.99. The van der Waals surface area contributed by atoms with E-state index < -0.39 is 18.1 Å². The summed E-state index contributed by atoms with van der Waals surface area (Å²) in [5.41, 5.74) is 0. The van der Waals surface area contributed by atoms with Crippen LogP contribution in [-0.2, 0) is 9.53 Å². The van der Waals surface area contributed by atoms with Crippen molar-refractivity contribution in [2.75, 3.05) is 0 Å². The summed E-state index contributed by atoms with van der Waals surface area (Å²) in [6, 6.07) is -0.757. The minimum absolute atomic E-state index is 0.0570. The Labute approximate surface area is 152 Å². The number of carboxylic acid groups (broad SMARTS) is 1. The van der Waals surface area contributed by atoms with Gasteiger partial charge in [0.15, 0.2) is 0 Å². The fourth-order valence-electron chi connectivity index (χ4n) is 1.82. The van der Waals surface area contributed by atoms with E-state index in [1.165, 1.54) is 0 Å². The molecule has 0 radical (unpaired) electrons. The first kappa shape index (κ1) is 10.5.